The van der Waals surface area contributed by atoms with Gasteiger partial charge in [-0.1, -0.05) is 39.0 Å². The van der Waals surface area contributed by atoms with Crippen molar-refractivity contribution in [1.29, 1.82) is 0 Å². The zero-order valence-electron chi connectivity index (χ0n) is 21.6. The van der Waals surface area contributed by atoms with Gasteiger partial charge in [0.05, 0.1) is 18.8 Å². The van der Waals surface area contributed by atoms with E-state index in [2.05, 4.69) is 15.7 Å². The quantitative estimate of drug-likeness (QED) is 0.152. The van der Waals surface area contributed by atoms with Crippen molar-refractivity contribution in [3.63, 3.8) is 0 Å². The maximum atomic E-state index is 13.5. The molecule has 2 amide bonds. The Bertz CT molecular complexity index is 897. The highest BCUT2D eigenvalue weighted by Crippen LogP contribution is 2.45. The van der Waals surface area contributed by atoms with Crippen LogP contribution in [0, 0.1) is 5.92 Å². The third kappa shape index (κ3) is 11.3. The molecular formula is C24H38N3O8P. The summed E-state index contributed by atoms with van der Waals surface area (Å²) >= 11 is 0. The summed E-state index contributed by atoms with van der Waals surface area (Å²) < 4.78 is 35.7. The summed E-state index contributed by atoms with van der Waals surface area (Å²) in [6.07, 6.45) is 1.93. The van der Waals surface area contributed by atoms with Crippen LogP contribution in [0.4, 0.5) is 0 Å². The number of amides is 2. The molecule has 1 aliphatic heterocycles. The average Bonchev–Trinajstić information content (AvgIpc) is 3.18. The van der Waals surface area contributed by atoms with Crippen molar-refractivity contribution in [2.75, 3.05) is 6.61 Å². The predicted molar refractivity (Wildman–Crippen MR) is 135 cm³/mol. The van der Waals surface area contributed by atoms with Crippen LogP contribution >= 0.6 is 7.75 Å². The molecule has 11 nitrogen and oxygen atoms in total. The van der Waals surface area contributed by atoms with Gasteiger partial charge in [-0.25, -0.2) is 4.57 Å². The molecule has 2 rings (SSSR count). The topological polar surface area (TPSA) is 141 Å². The molecule has 0 bridgehead atoms. The second kappa shape index (κ2) is 16.1. The van der Waals surface area contributed by atoms with E-state index in [1.807, 2.05) is 20.8 Å². The third-order valence-electron chi connectivity index (χ3n) is 4.63. The fourth-order valence-corrected chi connectivity index (χ4v) is 4.61. The summed E-state index contributed by atoms with van der Waals surface area (Å²) in [4.78, 5) is 34.4. The van der Waals surface area contributed by atoms with Gasteiger partial charge in [0.25, 0.3) is 0 Å². The summed E-state index contributed by atoms with van der Waals surface area (Å²) in [5.41, 5.74) is 0. The standard InChI is InChI=1S/C22H32N3O8P.C2H6/c1-15(2)31-22(28)17(4)25-34(29,33-18-8-6-5-7-9-18)30-13-19-12-16(3)21(32-19)24-20(27)10-11-23-14-26;1-2/h5-11,14-17,19,21H,12-13H2,1-4H3,(H,23,26)(H,24,27)(H,25,29);1-2H3/b11-10-;. The van der Waals surface area contributed by atoms with Gasteiger partial charge in [0.15, 0.2) is 0 Å². The molecule has 0 aliphatic carbocycles. The molecule has 1 aromatic rings. The molecule has 1 saturated heterocycles. The van der Waals surface area contributed by atoms with Crippen LogP contribution in [0.5, 0.6) is 5.75 Å². The first-order valence-electron chi connectivity index (χ1n) is 11.9. The largest absolute Gasteiger partial charge is 0.462 e. The Morgan fingerprint density at radius 3 is 2.47 bits per heavy atom. The molecule has 0 aromatic heterocycles. The number of nitrogens with one attached hydrogen (secondary N) is 3. The number of carbonyl (C=O) groups excluding carboxylic acids is 3. The number of hydrogen-bond acceptors (Lipinski definition) is 8. The van der Waals surface area contributed by atoms with E-state index >= 15 is 0 Å². The van der Waals surface area contributed by atoms with Gasteiger partial charge in [-0.2, -0.15) is 5.09 Å². The van der Waals surface area contributed by atoms with Gasteiger partial charge in [-0.05, 0) is 39.3 Å². The molecule has 1 fully saturated rings. The van der Waals surface area contributed by atoms with Crippen molar-refractivity contribution in [1.82, 2.24) is 15.7 Å². The lowest BCUT2D eigenvalue weighted by atomic mass is 10.1. The van der Waals surface area contributed by atoms with Gasteiger partial charge < -0.3 is 24.6 Å². The maximum absolute atomic E-state index is 13.5. The fraction of sp³-hybridized carbons (Fsp3) is 0.542. The first-order chi connectivity index (χ1) is 17.1. The number of benzene rings is 1. The molecule has 1 aliphatic rings. The first kappa shape index (κ1) is 31.3. The van der Waals surface area contributed by atoms with E-state index in [4.69, 9.17) is 18.5 Å². The Balaban J connectivity index is 0.00000316. The normalized spacial score (nSPS) is 21.6. The van der Waals surface area contributed by atoms with Gasteiger partial charge in [0.2, 0.25) is 12.3 Å². The molecule has 5 atom stereocenters. The second-order valence-electron chi connectivity index (χ2n) is 8.05. The predicted octanol–water partition coefficient (Wildman–Crippen LogP) is 3.27. The number of rotatable bonds is 13. The van der Waals surface area contributed by atoms with Crippen molar-refractivity contribution in [2.45, 2.75) is 72.4 Å². The number of ether oxygens (including phenoxy) is 2. The van der Waals surface area contributed by atoms with Crippen LogP contribution in [-0.2, 0) is 32.9 Å². The molecule has 5 unspecified atom stereocenters. The molecule has 0 spiro atoms. The van der Waals surface area contributed by atoms with E-state index in [9.17, 15) is 18.9 Å². The summed E-state index contributed by atoms with van der Waals surface area (Å²) in [7, 11) is -4.00. The van der Waals surface area contributed by atoms with Crippen molar-refractivity contribution in [3.05, 3.63) is 42.6 Å². The van der Waals surface area contributed by atoms with Gasteiger partial charge in [0, 0.05) is 18.2 Å². The van der Waals surface area contributed by atoms with Crippen molar-refractivity contribution >= 4 is 26.0 Å². The third-order valence-corrected chi connectivity index (χ3v) is 6.27. The van der Waals surface area contributed by atoms with E-state index in [-0.39, 0.29) is 18.6 Å². The van der Waals surface area contributed by atoms with Crippen LogP contribution in [0.1, 0.15) is 48.0 Å². The number of esters is 1. The zero-order chi connectivity index (χ0) is 27.1. The van der Waals surface area contributed by atoms with Crippen molar-refractivity contribution in [2.24, 2.45) is 5.92 Å². The molecule has 202 valence electrons. The lowest BCUT2D eigenvalue weighted by molar-refractivity contribution is -0.149. The number of para-hydroxylation sites is 1. The van der Waals surface area contributed by atoms with Crippen LogP contribution in [-0.4, -0.2) is 49.4 Å². The second-order valence-corrected chi connectivity index (χ2v) is 9.75. The Kier molecular flexibility index (Phi) is 14.0. The molecule has 12 heteroatoms. The molecule has 0 radical (unpaired) electrons. The zero-order valence-corrected chi connectivity index (χ0v) is 22.5. The lowest BCUT2D eigenvalue weighted by Gasteiger charge is -2.24. The molecule has 1 heterocycles. The van der Waals surface area contributed by atoms with E-state index in [0.29, 0.717) is 18.6 Å². The SMILES string of the molecule is CC.CC(C)OC(=O)C(C)NP(=O)(OCC1CC(C)C(NC(=O)/C=C\NC=O)O1)Oc1ccccc1. The first-order valence-corrected chi connectivity index (χ1v) is 13.5. The van der Waals surface area contributed by atoms with Crippen LogP contribution in [0.2, 0.25) is 0 Å². The van der Waals surface area contributed by atoms with Crippen LogP contribution in [0.25, 0.3) is 0 Å². The molecule has 1 aromatic carbocycles. The van der Waals surface area contributed by atoms with Crippen LogP contribution in [0.15, 0.2) is 42.6 Å². The van der Waals surface area contributed by atoms with E-state index in [0.717, 1.165) is 6.08 Å². The number of carbonyl (C=O) groups is 3. The highest BCUT2D eigenvalue weighted by Gasteiger charge is 2.37. The number of hydrogen-bond donors (Lipinski definition) is 3. The Morgan fingerprint density at radius 1 is 1.19 bits per heavy atom. The van der Waals surface area contributed by atoms with Gasteiger partial charge >= 0.3 is 13.7 Å². The van der Waals surface area contributed by atoms with E-state index < -0.39 is 38.0 Å². The highest BCUT2D eigenvalue weighted by molar-refractivity contribution is 7.52. The minimum atomic E-state index is -4.00. The van der Waals surface area contributed by atoms with Crippen molar-refractivity contribution in [3.8, 4) is 5.75 Å². The van der Waals surface area contributed by atoms with Gasteiger partial charge in [-0.3, -0.25) is 18.9 Å². The Morgan fingerprint density at radius 2 is 1.86 bits per heavy atom. The summed E-state index contributed by atoms with van der Waals surface area (Å²) in [6.45, 7) is 10.7. The minimum Gasteiger partial charge on any atom is -0.462 e. The summed E-state index contributed by atoms with van der Waals surface area (Å²) in [6, 6.07) is 7.47. The molecule has 36 heavy (non-hydrogen) atoms. The molecular weight excluding hydrogens is 489 g/mol. The van der Waals surface area contributed by atoms with Crippen molar-refractivity contribution < 1.29 is 37.5 Å². The molecule has 3 N–H and O–H groups in total. The summed E-state index contributed by atoms with van der Waals surface area (Å²) in [5, 5.41) is 7.55. The highest BCUT2D eigenvalue weighted by atomic mass is 31.2. The fourth-order valence-electron chi connectivity index (χ4n) is 3.09. The van der Waals surface area contributed by atoms with E-state index in [1.165, 1.54) is 13.1 Å². The Labute approximate surface area is 212 Å². The average molecular weight is 528 g/mol. The smallest absolute Gasteiger partial charge is 0.459 e. The summed E-state index contributed by atoms with van der Waals surface area (Å²) in [5.74, 6) is -0.789. The Hall–Kier alpha value is -2.72. The maximum Gasteiger partial charge on any atom is 0.459 e. The van der Waals surface area contributed by atoms with Crippen LogP contribution in [0.3, 0.4) is 0 Å². The molecule has 0 saturated carbocycles. The minimum absolute atomic E-state index is 0.0488. The van der Waals surface area contributed by atoms with Crippen LogP contribution < -0.4 is 20.2 Å². The van der Waals surface area contributed by atoms with Gasteiger partial charge in [0.1, 0.15) is 18.0 Å². The van der Waals surface area contributed by atoms with Gasteiger partial charge in [-0.15, -0.1) is 0 Å². The lowest BCUT2D eigenvalue weighted by Crippen LogP contribution is -2.38. The monoisotopic (exact) mass is 527 g/mol. The van der Waals surface area contributed by atoms with E-state index in [1.54, 1.807) is 44.2 Å².